The van der Waals surface area contributed by atoms with Gasteiger partial charge in [-0.3, -0.25) is 0 Å². The Bertz CT molecular complexity index is 289. The molecule has 0 N–H and O–H groups in total. The van der Waals surface area contributed by atoms with Gasteiger partial charge in [0.1, 0.15) is 6.61 Å². The van der Waals surface area contributed by atoms with Gasteiger partial charge in [0.05, 0.1) is 6.61 Å². The van der Waals surface area contributed by atoms with Gasteiger partial charge in [0, 0.05) is 29.0 Å². The number of halogens is 4. The lowest BCUT2D eigenvalue weighted by Crippen LogP contribution is -2.17. The molecular formula is C6H6F3IN2O2. The summed E-state index contributed by atoms with van der Waals surface area (Å²) in [6.45, 7) is -1.34. The van der Waals surface area contributed by atoms with E-state index in [4.69, 9.17) is 4.42 Å². The highest BCUT2D eigenvalue weighted by Gasteiger charge is 2.27. The summed E-state index contributed by atoms with van der Waals surface area (Å²) in [4.78, 5) is 0. The van der Waals surface area contributed by atoms with Gasteiger partial charge in [-0.2, -0.15) is 13.2 Å². The molecule has 0 spiro atoms. The van der Waals surface area contributed by atoms with E-state index in [0.29, 0.717) is 3.90 Å². The maximum Gasteiger partial charge on any atom is 0.411 e. The molecular weight excluding hydrogens is 316 g/mol. The second-order valence-corrected chi connectivity index (χ2v) is 3.29. The number of ether oxygens (including phenoxy) is 1. The third kappa shape index (κ3) is 4.74. The topological polar surface area (TPSA) is 48.2 Å². The Morgan fingerprint density at radius 2 is 2.07 bits per heavy atom. The number of aromatic nitrogens is 2. The molecule has 1 heterocycles. The number of hydrogen-bond donors (Lipinski definition) is 0. The van der Waals surface area contributed by atoms with Crippen molar-refractivity contribution in [3.8, 4) is 0 Å². The van der Waals surface area contributed by atoms with Crippen LogP contribution in [0.3, 0.4) is 0 Å². The van der Waals surface area contributed by atoms with Gasteiger partial charge in [-0.15, -0.1) is 10.2 Å². The first-order valence-corrected chi connectivity index (χ1v) is 4.67. The minimum absolute atomic E-state index is 0.0855. The van der Waals surface area contributed by atoms with Crippen molar-refractivity contribution in [3.05, 3.63) is 9.79 Å². The van der Waals surface area contributed by atoms with E-state index in [1.165, 1.54) is 0 Å². The highest BCUT2D eigenvalue weighted by Crippen LogP contribution is 2.14. The fourth-order valence-electron chi connectivity index (χ4n) is 0.682. The highest BCUT2D eigenvalue weighted by molar-refractivity contribution is 14.1. The van der Waals surface area contributed by atoms with Crippen molar-refractivity contribution in [1.29, 1.82) is 0 Å². The monoisotopic (exact) mass is 322 g/mol. The molecule has 0 unspecified atom stereocenters. The molecule has 1 aromatic rings. The molecule has 80 valence electrons. The van der Waals surface area contributed by atoms with E-state index < -0.39 is 12.8 Å². The first-order chi connectivity index (χ1) is 6.47. The van der Waals surface area contributed by atoms with Crippen molar-refractivity contribution in [3.63, 3.8) is 0 Å². The number of rotatable bonds is 4. The standard InChI is InChI=1S/C6H6F3IN2O2/c7-6(8,9)3-13-2-1-4-11-12-5(10)14-4/h1-3H2. The van der Waals surface area contributed by atoms with Crippen LogP contribution in [0.2, 0.25) is 0 Å². The van der Waals surface area contributed by atoms with Crippen LogP contribution < -0.4 is 0 Å². The SMILES string of the molecule is FC(F)(F)COCCc1nnc(I)o1. The Kier molecular flexibility index (Phi) is 4.11. The van der Waals surface area contributed by atoms with Crippen LogP contribution >= 0.6 is 22.6 Å². The molecule has 0 saturated carbocycles. The van der Waals surface area contributed by atoms with Crippen LogP contribution in [-0.4, -0.2) is 29.6 Å². The van der Waals surface area contributed by atoms with E-state index in [9.17, 15) is 13.2 Å². The second-order valence-electron chi connectivity index (χ2n) is 2.37. The van der Waals surface area contributed by atoms with Gasteiger partial charge in [-0.25, -0.2) is 0 Å². The van der Waals surface area contributed by atoms with E-state index in [-0.39, 0.29) is 18.9 Å². The first-order valence-electron chi connectivity index (χ1n) is 3.60. The van der Waals surface area contributed by atoms with E-state index in [1.54, 1.807) is 0 Å². The lowest BCUT2D eigenvalue weighted by Gasteiger charge is -2.05. The predicted molar refractivity (Wildman–Crippen MR) is 47.6 cm³/mol. The van der Waals surface area contributed by atoms with E-state index >= 15 is 0 Å². The summed E-state index contributed by atoms with van der Waals surface area (Å²) in [6.07, 6.45) is -4.10. The molecule has 0 radical (unpaired) electrons. The maximum atomic E-state index is 11.6. The van der Waals surface area contributed by atoms with Gasteiger partial charge >= 0.3 is 6.18 Å². The minimum atomic E-state index is -4.29. The molecule has 0 fully saturated rings. The van der Waals surface area contributed by atoms with Gasteiger partial charge < -0.3 is 9.15 Å². The molecule has 14 heavy (non-hydrogen) atoms. The zero-order chi connectivity index (χ0) is 10.6. The second kappa shape index (κ2) is 4.91. The van der Waals surface area contributed by atoms with Crippen LogP contribution in [-0.2, 0) is 11.2 Å². The molecule has 1 rings (SSSR count). The Labute approximate surface area is 91.0 Å². The summed E-state index contributed by atoms with van der Waals surface area (Å²) >= 11 is 1.81. The smallest absolute Gasteiger partial charge is 0.411 e. The zero-order valence-electron chi connectivity index (χ0n) is 6.84. The lowest BCUT2D eigenvalue weighted by molar-refractivity contribution is -0.173. The van der Waals surface area contributed by atoms with E-state index in [0.717, 1.165) is 0 Å². The first kappa shape index (κ1) is 11.7. The van der Waals surface area contributed by atoms with Crippen molar-refractivity contribution >= 4 is 22.6 Å². The summed E-state index contributed by atoms with van der Waals surface area (Å²) in [5.74, 6) is 0.275. The fourth-order valence-corrected chi connectivity index (χ4v) is 1.04. The summed E-state index contributed by atoms with van der Waals surface area (Å²) in [6, 6.07) is 0. The number of nitrogens with zero attached hydrogens (tertiary/aromatic N) is 2. The van der Waals surface area contributed by atoms with E-state index in [2.05, 4.69) is 14.9 Å². The van der Waals surface area contributed by atoms with Gasteiger partial charge in [-0.1, -0.05) is 0 Å². The molecule has 0 aliphatic carbocycles. The van der Waals surface area contributed by atoms with Crippen molar-refractivity contribution in [2.75, 3.05) is 13.2 Å². The third-order valence-corrected chi connectivity index (χ3v) is 1.60. The molecule has 0 atom stereocenters. The van der Waals surface area contributed by atoms with Crippen LogP contribution in [0.4, 0.5) is 13.2 Å². The van der Waals surface area contributed by atoms with Crippen molar-refractivity contribution in [2.45, 2.75) is 12.6 Å². The van der Waals surface area contributed by atoms with Gasteiger partial charge in [-0.05, 0) is 0 Å². The van der Waals surface area contributed by atoms with Gasteiger partial charge in [0.25, 0.3) is 3.90 Å². The number of hydrogen-bond acceptors (Lipinski definition) is 4. The molecule has 0 aliphatic heterocycles. The number of alkyl halides is 3. The maximum absolute atomic E-state index is 11.6. The molecule has 0 aromatic carbocycles. The molecule has 0 bridgehead atoms. The van der Waals surface area contributed by atoms with Crippen LogP contribution in [0.15, 0.2) is 4.42 Å². The molecule has 0 aliphatic rings. The Balaban J connectivity index is 2.16. The largest absolute Gasteiger partial charge is 0.416 e. The normalized spacial score (nSPS) is 12.0. The van der Waals surface area contributed by atoms with Crippen molar-refractivity contribution < 1.29 is 22.3 Å². The summed E-state index contributed by atoms with van der Waals surface area (Å²) in [7, 11) is 0. The van der Waals surface area contributed by atoms with E-state index in [1.807, 2.05) is 22.6 Å². The summed E-state index contributed by atoms with van der Waals surface area (Å²) in [5, 5.41) is 7.10. The van der Waals surface area contributed by atoms with Crippen molar-refractivity contribution in [2.24, 2.45) is 0 Å². The molecule has 0 amide bonds. The molecule has 0 saturated heterocycles. The Morgan fingerprint density at radius 1 is 1.36 bits per heavy atom. The third-order valence-electron chi connectivity index (χ3n) is 1.17. The predicted octanol–water partition coefficient (Wildman–Crippen LogP) is 1.80. The highest BCUT2D eigenvalue weighted by atomic mass is 127. The fraction of sp³-hybridized carbons (Fsp3) is 0.667. The molecule has 1 aromatic heterocycles. The Morgan fingerprint density at radius 3 is 2.57 bits per heavy atom. The van der Waals surface area contributed by atoms with Gasteiger partial charge in [0.15, 0.2) is 0 Å². The molecule has 4 nitrogen and oxygen atoms in total. The van der Waals surface area contributed by atoms with Crippen LogP contribution in [0.5, 0.6) is 0 Å². The lowest BCUT2D eigenvalue weighted by atomic mass is 10.4. The van der Waals surface area contributed by atoms with Crippen LogP contribution in [0.25, 0.3) is 0 Å². The quantitative estimate of drug-likeness (QED) is 0.626. The zero-order valence-corrected chi connectivity index (χ0v) is 9.00. The summed E-state index contributed by atoms with van der Waals surface area (Å²) in [5.41, 5.74) is 0. The average Bonchev–Trinajstić information content (AvgIpc) is 2.44. The van der Waals surface area contributed by atoms with Crippen molar-refractivity contribution in [1.82, 2.24) is 10.2 Å². The summed E-state index contributed by atoms with van der Waals surface area (Å²) < 4.78 is 44.5. The van der Waals surface area contributed by atoms with Gasteiger partial charge in [0.2, 0.25) is 5.89 Å². The average molecular weight is 322 g/mol. The molecule has 8 heteroatoms. The van der Waals surface area contributed by atoms with Crippen LogP contribution in [0, 0.1) is 3.90 Å². The minimum Gasteiger partial charge on any atom is -0.416 e. The van der Waals surface area contributed by atoms with Crippen LogP contribution in [0.1, 0.15) is 5.89 Å². The Hall–Kier alpha value is -0.380.